The Bertz CT molecular complexity index is 893. The first kappa shape index (κ1) is 19.0. The van der Waals surface area contributed by atoms with Gasteiger partial charge in [0.25, 0.3) is 0 Å². The number of hydrogen-bond donors (Lipinski definition) is 1. The Balaban J connectivity index is 1.56. The van der Waals surface area contributed by atoms with Crippen molar-refractivity contribution in [1.82, 2.24) is 4.98 Å². The van der Waals surface area contributed by atoms with Gasteiger partial charge in [0.15, 0.2) is 5.78 Å². The SMILES string of the molecule is CCc1ccc([C@H]2CC(=O)c3c([nH]c(C(=O)O[C@H]4CCC[C@@H]4C)c3C)C2)cc1. The van der Waals surface area contributed by atoms with Crippen LogP contribution in [0.25, 0.3) is 0 Å². The number of carbonyl (C=O) groups is 2. The van der Waals surface area contributed by atoms with E-state index in [4.69, 9.17) is 4.74 Å². The molecular formula is C24H29NO3. The molecule has 28 heavy (non-hydrogen) atoms. The van der Waals surface area contributed by atoms with E-state index >= 15 is 0 Å². The van der Waals surface area contributed by atoms with Crippen molar-refractivity contribution in [2.24, 2.45) is 5.92 Å². The summed E-state index contributed by atoms with van der Waals surface area (Å²) in [7, 11) is 0. The molecule has 1 heterocycles. The standard InChI is InChI=1S/C24H29NO3/c1-4-16-8-10-17(11-9-16)18-12-19-22(20(26)13-18)15(3)23(25-19)24(27)28-21-7-5-6-14(21)2/h8-11,14,18,21,25H,4-7,12-13H2,1-3H3/t14-,18+,21-/m0/s1. The largest absolute Gasteiger partial charge is 0.457 e. The number of ketones is 1. The van der Waals surface area contributed by atoms with Crippen molar-refractivity contribution >= 4 is 11.8 Å². The number of esters is 1. The summed E-state index contributed by atoms with van der Waals surface area (Å²) < 4.78 is 5.76. The molecular weight excluding hydrogens is 350 g/mol. The zero-order valence-electron chi connectivity index (χ0n) is 17.0. The lowest BCUT2D eigenvalue weighted by molar-refractivity contribution is 0.0219. The van der Waals surface area contributed by atoms with Crippen LogP contribution in [0.4, 0.5) is 0 Å². The average Bonchev–Trinajstić information content (AvgIpc) is 3.25. The third kappa shape index (κ3) is 3.41. The zero-order valence-corrected chi connectivity index (χ0v) is 17.0. The van der Waals surface area contributed by atoms with E-state index in [9.17, 15) is 9.59 Å². The molecule has 2 aliphatic rings. The molecule has 1 aromatic heterocycles. The lowest BCUT2D eigenvalue weighted by Gasteiger charge is -2.22. The zero-order chi connectivity index (χ0) is 19.8. The van der Waals surface area contributed by atoms with Crippen molar-refractivity contribution in [3.05, 3.63) is 57.9 Å². The van der Waals surface area contributed by atoms with Crippen LogP contribution in [-0.4, -0.2) is 22.8 Å². The van der Waals surface area contributed by atoms with Crippen LogP contribution in [0, 0.1) is 12.8 Å². The van der Waals surface area contributed by atoms with Gasteiger partial charge >= 0.3 is 5.97 Å². The van der Waals surface area contributed by atoms with Gasteiger partial charge in [-0.1, -0.05) is 38.1 Å². The number of benzene rings is 1. The van der Waals surface area contributed by atoms with Gasteiger partial charge in [0.1, 0.15) is 11.8 Å². The molecule has 0 amide bonds. The van der Waals surface area contributed by atoms with Gasteiger partial charge in [-0.05, 0) is 67.6 Å². The molecule has 0 radical (unpaired) electrons. The van der Waals surface area contributed by atoms with E-state index < -0.39 is 0 Å². The molecule has 4 rings (SSSR count). The Morgan fingerprint density at radius 3 is 2.57 bits per heavy atom. The molecule has 148 valence electrons. The quantitative estimate of drug-likeness (QED) is 0.748. The Kier molecular flexibility index (Phi) is 5.13. The van der Waals surface area contributed by atoms with Crippen LogP contribution < -0.4 is 0 Å². The molecule has 1 saturated carbocycles. The molecule has 1 aromatic carbocycles. The number of aryl methyl sites for hydroxylation is 1. The predicted octanol–water partition coefficient (Wildman–Crippen LogP) is 5.14. The van der Waals surface area contributed by atoms with E-state index in [-0.39, 0.29) is 23.8 Å². The number of H-pyrrole nitrogens is 1. The smallest absolute Gasteiger partial charge is 0.355 e. The second-order valence-electron chi connectivity index (χ2n) is 8.45. The van der Waals surface area contributed by atoms with Crippen molar-refractivity contribution in [1.29, 1.82) is 0 Å². The second kappa shape index (κ2) is 7.57. The van der Waals surface area contributed by atoms with Gasteiger partial charge in [0.05, 0.1) is 0 Å². The van der Waals surface area contributed by atoms with Crippen molar-refractivity contribution in [3.8, 4) is 0 Å². The number of fused-ring (bicyclic) bond motifs is 1. The Morgan fingerprint density at radius 1 is 1.18 bits per heavy atom. The summed E-state index contributed by atoms with van der Waals surface area (Å²) in [4.78, 5) is 28.9. The minimum atomic E-state index is -0.317. The molecule has 4 nitrogen and oxygen atoms in total. The van der Waals surface area contributed by atoms with E-state index in [1.165, 1.54) is 11.1 Å². The maximum atomic E-state index is 12.9. The van der Waals surface area contributed by atoms with Crippen molar-refractivity contribution < 1.29 is 14.3 Å². The molecule has 2 aromatic rings. The molecule has 0 bridgehead atoms. The van der Waals surface area contributed by atoms with Crippen molar-refractivity contribution in [2.45, 2.75) is 71.3 Å². The number of ether oxygens (including phenoxy) is 1. The summed E-state index contributed by atoms with van der Waals surface area (Å²) >= 11 is 0. The van der Waals surface area contributed by atoms with Gasteiger partial charge in [-0.2, -0.15) is 0 Å². The minimum Gasteiger partial charge on any atom is -0.457 e. The molecule has 0 spiro atoms. The summed E-state index contributed by atoms with van der Waals surface area (Å²) in [5.41, 5.74) is 5.27. The normalized spacial score (nSPS) is 24.2. The number of Topliss-reactive ketones (excluding diaryl/α,β-unsaturated/α-hetero) is 1. The number of aromatic nitrogens is 1. The maximum Gasteiger partial charge on any atom is 0.355 e. The van der Waals surface area contributed by atoms with Crippen molar-refractivity contribution in [2.75, 3.05) is 0 Å². The van der Waals surface area contributed by atoms with Crippen molar-refractivity contribution in [3.63, 3.8) is 0 Å². The average molecular weight is 380 g/mol. The second-order valence-corrected chi connectivity index (χ2v) is 8.45. The van der Waals surface area contributed by atoms with Crippen LogP contribution in [0.1, 0.15) is 88.7 Å². The summed E-state index contributed by atoms with van der Waals surface area (Å²) in [5.74, 6) is 0.365. The first-order chi connectivity index (χ1) is 13.5. The summed E-state index contributed by atoms with van der Waals surface area (Å²) in [6, 6.07) is 8.55. The third-order valence-corrected chi connectivity index (χ3v) is 6.59. The van der Waals surface area contributed by atoms with Crippen LogP contribution >= 0.6 is 0 Å². The van der Waals surface area contributed by atoms with Crippen LogP contribution in [0.3, 0.4) is 0 Å². The molecule has 1 fully saturated rings. The molecule has 0 saturated heterocycles. The van der Waals surface area contributed by atoms with Crippen LogP contribution in [0.2, 0.25) is 0 Å². The maximum absolute atomic E-state index is 12.9. The molecule has 1 N–H and O–H groups in total. The van der Waals surface area contributed by atoms with Gasteiger partial charge in [0, 0.05) is 17.7 Å². The minimum absolute atomic E-state index is 0.00671. The first-order valence-electron chi connectivity index (χ1n) is 10.5. The Hall–Kier alpha value is -2.36. The topological polar surface area (TPSA) is 59.2 Å². The molecule has 4 heteroatoms. The highest BCUT2D eigenvalue weighted by molar-refractivity contribution is 6.03. The highest BCUT2D eigenvalue weighted by atomic mass is 16.5. The lowest BCUT2D eigenvalue weighted by Crippen LogP contribution is -2.21. The molecule has 0 unspecified atom stereocenters. The molecule has 3 atom stereocenters. The summed E-state index contributed by atoms with van der Waals surface area (Å²) in [6.07, 6.45) is 5.39. The van der Waals surface area contributed by atoms with E-state index in [0.717, 1.165) is 43.4 Å². The van der Waals surface area contributed by atoms with Gasteiger partial charge < -0.3 is 9.72 Å². The number of carbonyl (C=O) groups excluding carboxylic acids is 2. The fourth-order valence-electron chi connectivity index (χ4n) is 4.78. The highest BCUT2D eigenvalue weighted by Gasteiger charge is 2.34. The van der Waals surface area contributed by atoms with Gasteiger partial charge in [-0.25, -0.2) is 4.79 Å². The van der Waals surface area contributed by atoms with E-state index in [1.54, 1.807) is 0 Å². The summed E-state index contributed by atoms with van der Waals surface area (Å²) in [5, 5.41) is 0. The van der Waals surface area contributed by atoms with Crippen LogP contribution in [-0.2, 0) is 17.6 Å². The van der Waals surface area contributed by atoms with Crippen LogP contribution in [0.5, 0.6) is 0 Å². The number of aromatic amines is 1. The fourth-order valence-corrected chi connectivity index (χ4v) is 4.78. The van der Waals surface area contributed by atoms with Gasteiger partial charge in [-0.15, -0.1) is 0 Å². The van der Waals surface area contributed by atoms with E-state index in [2.05, 4.69) is 43.1 Å². The Labute approximate surface area is 166 Å². The number of nitrogens with one attached hydrogen (secondary N) is 1. The summed E-state index contributed by atoms with van der Waals surface area (Å²) in [6.45, 7) is 6.13. The fraction of sp³-hybridized carbons (Fsp3) is 0.500. The van der Waals surface area contributed by atoms with Gasteiger partial charge in [-0.3, -0.25) is 4.79 Å². The number of rotatable bonds is 4. The first-order valence-corrected chi connectivity index (χ1v) is 10.5. The monoisotopic (exact) mass is 379 g/mol. The van der Waals surface area contributed by atoms with Gasteiger partial charge in [0.2, 0.25) is 0 Å². The number of hydrogen-bond acceptors (Lipinski definition) is 3. The molecule has 2 aliphatic carbocycles. The van der Waals surface area contributed by atoms with E-state index in [0.29, 0.717) is 23.6 Å². The van der Waals surface area contributed by atoms with E-state index in [1.807, 2.05) is 6.92 Å². The lowest BCUT2D eigenvalue weighted by atomic mass is 9.81. The molecule has 0 aliphatic heterocycles. The third-order valence-electron chi connectivity index (χ3n) is 6.59. The predicted molar refractivity (Wildman–Crippen MR) is 109 cm³/mol. The van der Waals surface area contributed by atoms with Crippen LogP contribution in [0.15, 0.2) is 24.3 Å². The highest BCUT2D eigenvalue weighted by Crippen LogP contribution is 2.36. The Morgan fingerprint density at radius 2 is 1.93 bits per heavy atom.